The molecule has 0 aliphatic heterocycles. The molecule has 0 saturated heterocycles. The van der Waals surface area contributed by atoms with Gasteiger partial charge in [-0.15, -0.1) is 0 Å². The van der Waals surface area contributed by atoms with Gasteiger partial charge in [-0.05, 0) is 6.42 Å². The van der Waals surface area contributed by atoms with Gasteiger partial charge < -0.3 is 21.7 Å². The number of rotatable bonds is 2. The van der Waals surface area contributed by atoms with E-state index >= 15 is 0 Å². The van der Waals surface area contributed by atoms with E-state index in [9.17, 15) is 9.59 Å². The number of aliphatic hydroxyl groups is 2. The smallest absolute Gasteiger partial charge is 0.326 e. The summed E-state index contributed by atoms with van der Waals surface area (Å²) in [5, 5.41) is 16.2. The first-order chi connectivity index (χ1) is 7.31. The van der Waals surface area contributed by atoms with Gasteiger partial charge in [-0.3, -0.25) is 10.9 Å². The van der Waals surface area contributed by atoms with Crippen LogP contribution in [0.5, 0.6) is 0 Å². The molecule has 0 saturated carbocycles. The van der Waals surface area contributed by atoms with Crippen LogP contribution in [0, 0.1) is 0 Å². The summed E-state index contributed by atoms with van der Waals surface area (Å²) in [6.45, 7) is 1.90. The van der Waals surface area contributed by atoms with E-state index in [2.05, 4.69) is 23.2 Å². The van der Waals surface area contributed by atoms with Crippen molar-refractivity contribution in [3.05, 3.63) is 0 Å². The Labute approximate surface area is 92.9 Å². The molecule has 0 heterocycles. The Balaban J connectivity index is -0.000000160. The van der Waals surface area contributed by atoms with Crippen LogP contribution in [0.15, 0.2) is 0 Å². The normalized spacial score (nSPS) is 7.88. The molecule has 0 aromatic rings. The molecule has 0 aliphatic rings. The molecule has 12 N–H and O–H groups in total. The van der Waals surface area contributed by atoms with Crippen LogP contribution in [-0.2, 0) is 0 Å². The van der Waals surface area contributed by atoms with E-state index in [4.69, 9.17) is 10.2 Å². The Morgan fingerprint density at radius 3 is 1.38 bits per heavy atom. The number of urea groups is 2. The minimum atomic E-state index is -1.10. The first-order valence-electron chi connectivity index (χ1n) is 4.19. The molecular formula is C6H20N6O4. The van der Waals surface area contributed by atoms with Gasteiger partial charge >= 0.3 is 12.1 Å². The zero-order valence-electron chi connectivity index (χ0n) is 9.01. The van der Waals surface area contributed by atoms with E-state index < -0.39 is 18.4 Å². The lowest BCUT2D eigenvalue weighted by Crippen LogP contribution is -2.34. The average Bonchev–Trinajstić information content (AvgIpc) is 2.19. The largest absolute Gasteiger partial charge is 0.368 e. The number of carbonyl (C=O) groups is 2. The molecule has 0 aliphatic carbocycles. The second-order valence-corrected chi connectivity index (χ2v) is 2.29. The van der Waals surface area contributed by atoms with Crippen molar-refractivity contribution in [1.82, 2.24) is 10.9 Å². The van der Waals surface area contributed by atoms with E-state index in [-0.39, 0.29) is 0 Å². The van der Waals surface area contributed by atoms with Crippen LogP contribution < -0.4 is 34.0 Å². The number of primary amides is 2. The lowest BCUT2D eigenvalue weighted by Gasteiger charge is -1.94. The van der Waals surface area contributed by atoms with Crippen LogP contribution in [-0.4, -0.2) is 28.6 Å². The zero-order valence-corrected chi connectivity index (χ0v) is 9.01. The predicted octanol–water partition coefficient (Wildman–Crippen LogP) is -2.85. The molecule has 0 atom stereocenters. The summed E-state index contributed by atoms with van der Waals surface area (Å²) < 4.78 is 0. The molecule has 0 fully saturated rings. The van der Waals surface area contributed by atoms with Gasteiger partial charge in [-0.1, -0.05) is 13.3 Å². The SMILES string of the molecule is CCCC(O)O.NNC(N)=O.NNC(N)=O. The first kappa shape index (κ1) is 19.9. The van der Waals surface area contributed by atoms with Crippen molar-refractivity contribution in [1.29, 1.82) is 0 Å². The molecule has 0 spiro atoms. The summed E-state index contributed by atoms with van der Waals surface area (Å²) >= 11 is 0. The Morgan fingerprint density at radius 2 is 1.38 bits per heavy atom. The van der Waals surface area contributed by atoms with Crippen LogP contribution in [0.2, 0.25) is 0 Å². The highest BCUT2D eigenvalue weighted by Gasteiger charge is 1.89. The van der Waals surface area contributed by atoms with Crippen molar-refractivity contribution in [2.75, 3.05) is 0 Å². The minimum Gasteiger partial charge on any atom is -0.368 e. The van der Waals surface area contributed by atoms with Crippen LogP contribution >= 0.6 is 0 Å². The summed E-state index contributed by atoms with van der Waals surface area (Å²) in [5.74, 6) is 8.89. The predicted molar refractivity (Wildman–Crippen MR) is 56.9 cm³/mol. The molecule has 98 valence electrons. The summed E-state index contributed by atoms with van der Waals surface area (Å²) in [7, 11) is 0. The van der Waals surface area contributed by atoms with Crippen molar-refractivity contribution >= 4 is 12.1 Å². The lowest BCUT2D eigenvalue weighted by molar-refractivity contribution is -0.0453. The molecule has 10 nitrogen and oxygen atoms in total. The van der Waals surface area contributed by atoms with Crippen molar-refractivity contribution < 1.29 is 19.8 Å². The highest BCUT2D eigenvalue weighted by Crippen LogP contribution is 1.88. The first-order valence-corrected chi connectivity index (χ1v) is 4.19. The fourth-order valence-corrected chi connectivity index (χ4v) is 0.258. The maximum atomic E-state index is 9.35. The van der Waals surface area contributed by atoms with Gasteiger partial charge in [0.25, 0.3) is 0 Å². The van der Waals surface area contributed by atoms with Gasteiger partial charge in [0.1, 0.15) is 0 Å². The Kier molecular flexibility index (Phi) is 19.7. The maximum Gasteiger partial charge on any atom is 0.326 e. The summed E-state index contributed by atoms with van der Waals surface area (Å²) in [4.78, 5) is 18.7. The van der Waals surface area contributed by atoms with E-state index in [0.29, 0.717) is 6.42 Å². The van der Waals surface area contributed by atoms with Gasteiger partial charge in [-0.2, -0.15) is 0 Å². The highest BCUT2D eigenvalue weighted by atomic mass is 16.5. The number of hydrazine groups is 2. The average molecular weight is 240 g/mol. The van der Waals surface area contributed by atoms with E-state index in [1.807, 2.05) is 6.92 Å². The van der Waals surface area contributed by atoms with Crippen LogP contribution in [0.1, 0.15) is 19.8 Å². The summed E-state index contributed by atoms with van der Waals surface area (Å²) in [5.41, 5.74) is 12.2. The molecule has 0 aromatic carbocycles. The van der Waals surface area contributed by atoms with Gasteiger partial charge in [0.05, 0.1) is 0 Å². The van der Waals surface area contributed by atoms with E-state index in [0.717, 1.165) is 6.42 Å². The third-order valence-electron chi connectivity index (χ3n) is 0.831. The Bertz CT molecular complexity index is 162. The van der Waals surface area contributed by atoms with Crippen molar-refractivity contribution in [3.63, 3.8) is 0 Å². The quantitative estimate of drug-likeness (QED) is 0.110. The fourth-order valence-electron chi connectivity index (χ4n) is 0.258. The van der Waals surface area contributed by atoms with Crippen molar-refractivity contribution in [2.24, 2.45) is 23.2 Å². The molecule has 0 bridgehead atoms. The third-order valence-corrected chi connectivity index (χ3v) is 0.831. The molecule has 0 aromatic heterocycles. The standard InChI is InChI=1S/C4H10O2.2CH5N3O/c1-2-3-4(5)6;2*2-1(5)4-3/h4-6H,2-3H2,1H3;2*3H2,(H3,2,4,5). The number of aliphatic hydroxyl groups excluding tert-OH is 1. The highest BCUT2D eigenvalue weighted by molar-refractivity contribution is 5.70. The van der Waals surface area contributed by atoms with Crippen LogP contribution in [0.25, 0.3) is 0 Å². The van der Waals surface area contributed by atoms with E-state index in [1.54, 1.807) is 10.9 Å². The van der Waals surface area contributed by atoms with Crippen molar-refractivity contribution in [2.45, 2.75) is 26.1 Å². The Morgan fingerprint density at radius 1 is 1.12 bits per heavy atom. The third kappa shape index (κ3) is 55.4. The number of hydrogen-bond acceptors (Lipinski definition) is 6. The number of carbonyl (C=O) groups excluding carboxylic acids is 2. The van der Waals surface area contributed by atoms with Gasteiger partial charge in [0.15, 0.2) is 6.29 Å². The number of nitrogens with one attached hydrogen (secondary N) is 2. The topological polar surface area (TPSA) is 203 Å². The van der Waals surface area contributed by atoms with Gasteiger partial charge in [-0.25, -0.2) is 21.3 Å². The molecular weight excluding hydrogens is 220 g/mol. The number of amides is 4. The molecule has 0 unspecified atom stereocenters. The minimum absolute atomic E-state index is 0.486. The summed E-state index contributed by atoms with van der Waals surface area (Å²) in [6, 6.07) is -1.44. The summed E-state index contributed by atoms with van der Waals surface area (Å²) in [6.07, 6.45) is 0.215. The van der Waals surface area contributed by atoms with Gasteiger partial charge in [0, 0.05) is 0 Å². The lowest BCUT2D eigenvalue weighted by atomic mass is 10.3. The Hall–Kier alpha value is -1.62. The van der Waals surface area contributed by atoms with Crippen LogP contribution in [0.3, 0.4) is 0 Å². The monoisotopic (exact) mass is 240 g/mol. The molecule has 10 heteroatoms. The second kappa shape index (κ2) is 15.8. The molecule has 0 rings (SSSR count). The zero-order chi connectivity index (χ0) is 13.6. The maximum absolute atomic E-state index is 9.35. The van der Waals surface area contributed by atoms with Gasteiger partial charge in [0.2, 0.25) is 0 Å². The van der Waals surface area contributed by atoms with Crippen molar-refractivity contribution in [3.8, 4) is 0 Å². The molecule has 4 amide bonds. The number of nitrogens with two attached hydrogens (primary N) is 4. The fraction of sp³-hybridized carbons (Fsp3) is 0.667. The molecule has 16 heavy (non-hydrogen) atoms. The second-order valence-electron chi connectivity index (χ2n) is 2.29. The van der Waals surface area contributed by atoms with Crippen LogP contribution in [0.4, 0.5) is 9.59 Å². The van der Waals surface area contributed by atoms with E-state index in [1.165, 1.54) is 0 Å². The molecule has 0 radical (unpaired) electrons. The number of hydrogen-bond donors (Lipinski definition) is 8.